The van der Waals surface area contributed by atoms with Gasteiger partial charge in [-0.25, -0.2) is 17.5 Å². The molecule has 2 fully saturated rings. The number of amides is 1. The molecule has 1 aromatic rings. The number of hydrogen-bond acceptors (Lipinski definition) is 5. The molecular weight excluding hydrogens is 411 g/mol. The standard InChI is InChI=1S/C21H29FN2O5S/c1-30(26,27)23-18-6-3-11-24-19(18)12-28-15-9-7-14(8-10-15)16-4-2-5-17(22)21(16)29-13-20(24)25/h2,4-5,14-15,18-19,23H,3,6-13H2,1H3/t14?,15?,18-,19?/m0/s1. The van der Waals surface area contributed by atoms with Crippen molar-refractivity contribution in [3.05, 3.63) is 29.6 Å². The highest BCUT2D eigenvalue weighted by molar-refractivity contribution is 7.88. The molecular formula is C21H29FN2O5S. The van der Waals surface area contributed by atoms with Crippen LogP contribution in [0.15, 0.2) is 18.2 Å². The Labute approximate surface area is 177 Å². The molecule has 7 nitrogen and oxygen atoms in total. The van der Waals surface area contributed by atoms with Crippen LogP contribution in [0.5, 0.6) is 5.75 Å². The summed E-state index contributed by atoms with van der Waals surface area (Å²) in [6.07, 6.45) is 5.88. The van der Waals surface area contributed by atoms with Gasteiger partial charge in [0.05, 0.1) is 25.0 Å². The number of halogens is 1. The Morgan fingerprint density at radius 2 is 1.93 bits per heavy atom. The van der Waals surface area contributed by atoms with Gasteiger partial charge in [0.25, 0.3) is 5.91 Å². The van der Waals surface area contributed by atoms with Crippen molar-refractivity contribution in [2.24, 2.45) is 0 Å². The summed E-state index contributed by atoms with van der Waals surface area (Å²) in [5.74, 6) is -0.410. The van der Waals surface area contributed by atoms with E-state index in [2.05, 4.69) is 4.72 Å². The summed E-state index contributed by atoms with van der Waals surface area (Å²) in [5.41, 5.74) is 0.812. The smallest absolute Gasteiger partial charge is 0.260 e. The lowest BCUT2D eigenvalue weighted by atomic mass is 9.82. The Bertz CT molecular complexity index is 885. The average molecular weight is 441 g/mol. The lowest BCUT2D eigenvalue weighted by Gasteiger charge is -2.41. The molecule has 0 spiro atoms. The zero-order valence-corrected chi connectivity index (χ0v) is 18.0. The molecule has 3 aliphatic heterocycles. The molecule has 1 aliphatic carbocycles. The molecule has 0 radical (unpaired) electrons. The fourth-order valence-corrected chi connectivity index (χ4v) is 5.80. The van der Waals surface area contributed by atoms with Crippen LogP contribution in [0.25, 0.3) is 0 Å². The molecule has 1 amide bonds. The Kier molecular flexibility index (Phi) is 6.31. The van der Waals surface area contributed by atoms with Gasteiger partial charge in [-0.1, -0.05) is 12.1 Å². The molecule has 5 rings (SSSR count). The van der Waals surface area contributed by atoms with Gasteiger partial charge in [-0.05, 0) is 50.5 Å². The van der Waals surface area contributed by atoms with Crippen LogP contribution in [0.3, 0.4) is 0 Å². The van der Waals surface area contributed by atoms with E-state index in [1.807, 2.05) is 6.07 Å². The van der Waals surface area contributed by atoms with E-state index < -0.39 is 27.9 Å². The van der Waals surface area contributed by atoms with E-state index in [9.17, 15) is 17.6 Å². The summed E-state index contributed by atoms with van der Waals surface area (Å²) in [4.78, 5) is 14.6. The molecule has 30 heavy (non-hydrogen) atoms. The molecule has 3 heterocycles. The second-order valence-corrected chi connectivity index (χ2v) is 10.3. The fraction of sp³-hybridized carbons (Fsp3) is 0.667. The summed E-state index contributed by atoms with van der Waals surface area (Å²) in [5, 5.41) is 0. The van der Waals surface area contributed by atoms with Gasteiger partial charge in [-0.3, -0.25) is 4.79 Å². The van der Waals surface area contributed by atoms with Gasteiger partial charge >= 0.3 is 0 Å². The van der Waals surface area contributed by atoms with Crippen LogP contribution >= 0.6 is 0 Å². The number of nitrogens with one attached hydrogen (secondary N) is 1. The Morgan fingerprint density at radius 1 is 1.17 bits per heavy atom. The highest BCUT2D eigenvalue weighted by Crippen LogP contribution is 2.40. The number of rotatable bonds is 2. The third-order valence-electron chi connectivity index (χ3n) is 6.42. The summed E-state index contributed by atoms with van der Waals surface area (Å²) >= 11 is 0. The summed E-state index contributed by atoms with van der Waals surface area (Å²) in [7, 11) is -3.43. The minimum atomic E-state index is -3.43. The second kappa shape index (κ2) is 8.80. The number of carbonyl (C=O) groups is 1. The largest absolute Gasteiger partial charge is 0.480 e. The van der Waals surface area contributed by atoms with E-state index in [-0.39, 0.29) is 36.9 Å². The van der Waals surface area contributed by atoms with E-state index in [1.54, 1.807) is 11.0 Å². The molecule has 2 atom stereocenters. The minimum absolute atomic E-state index is 0.0534. The van der Waals surface area contributed by atoms with Crippen molar-refractivity contribution in [2.45, 2.75) is 62.6 Å². The topological polar surface area (TPSA) is 84.9 Å². The number of carbonyl (C=O) groups excluding carboxylic acids is 1. The Balaban J connectivity index is 1.64. The van der Waals surface area contributed by atoms with Crippen molar-refractivity contribution in [1.29, 1.82) is 0 Å². The third-order valence-corrected chi connectivity index (χ3v) is 7.15. The minimum Gasteiger partial charge on any atom is -0.480 e. The van der Waals surface area contributed by atoms with Crippen LogP contribution in [-0.2, 0) is 19.6 Å². The molecule has 4 aliphatic rings. The van der Waals surface area contributed by atoms with E-state index in [4.69, 9.17) is 9.47 Å². The van der Waals surface area contributed by atoms with Crippen LogP contribution in [-0.4, -0.2) is 63.4 Å². The first-order chi connectivity index (χ1) is 14.3. The Morgan fingerprint density at radius 3 is 2.67 bits per heavy atom. The number of sulfonamides is 1. The number of para-hydroxylation sites is 1. The molecule has 1 aromatic carbocycles. The molecule has 1 saturated carbocycles. The molecule has 9 heteroatoms. The van der Waals surface area contributed by atoms with Gasteiger partial charge in [-0.2, -0.15) is 0 Å². The zero-order valence-electron chi connectivity index (χ0n) is 17.2. The number of hydrogen-bond donors (Lipinski definition) is 1. The van der Waals surface area contributed by atoms with E-state index in [0.29, 0.717) is 19.4 Å². The van der Waals surface area contributed by atoms with Crippen molar-refractivity contribution < 1.29 is 27.1 Å². The zero-order chi connectivity index (χ0) is 21.3. The highest BCUT2D eigenvalue weighted by Gasteiger charge is 2.37. The molecule has 1 unspecified atom stereocenters. The lowest BCUT2D eigenvalue weighted by molar-refractivity contribution is -0.140. The third kappa shape index (κ3) is 4.78. The van der Waals surface area contributed by atoms with Crippen molar-refractivity contribution in [3.63, 3.8) is 0 Å². The average Bonchev–Trinajstić information content (AvgIpc) is 2.71. The summed E-state index contributed by atoms with van der Waals surface area (Å²) in [6, 6.07) is 4.09. The second-order valence-electron chi connectivity index (χ2n) is 8.55. The lowest BCUT2D eigenvalue weighted by Crippen LogP contribution is -2.59. The van der Waals surface area contributed by atoms with Gasteiger partial charge in [-0.15, -0.1) is 0 Å². The van der Waals surface area contributed by atoms with Gasteiger partial charge in [0.1, 0.15) is 0 Å². The predicted octanol–water partition coefficient (Wildman–Crippen LogP) is 2.17. The number of benzene rings is 1. The van der Waals surface area contributed by atoms with E-state index in [0.717, 1.165) is 37.5 Å². The monoisotopic (exact) mass is 440 g/mol. The molecule has 166 valence electrons. The molecule has 1 N–H and O–H groups in total. The number of piperidine rings is 1. The maximum atomic E-state index is 14.6. The van der Waals surface area contributed by atoms with Crippen LogP contribution < -0.4 is 9.46 Å². The highest BCUT2D eigenvalue weighted by atomic mass is 32.2. The quantitative estimate of drug-likeness (QED) is 0.762. The van der Waals surface area contributed by atoms with Crippen molar-refractivity contribution in [2.75, 3.05) is 26.0 Å². The van der Waals surface area contributed by atoms with Crippen LogP contribution in [0, 0.1) is 5.82 Å². The van der Waals surface area contributed by atoms with E-state index >= 15 is 0 Å². The normalized spacial score (nSPS) is 30.3. The first-order valence-electron chi connectivity index (χ1n) is 10.6. The number of nitrogens with zero attached hydrogens (tertiary/aromatic N) is 1. The first-order valence-corrected chi connectivity index (χ1v) is 12.5. The summed E-state index contributed by atoms with van der Waals surface area (Å²) < 4.78 is 52.9. The van der Waals surface area contributed by atoms with Gasteiger partial charge < -0.3 is 14.4 Å². The Hall–Kier alpha value is -1.71. The predicted molar refractivity (Wildman–Crippen MR) is 109 cm³/mol. The van der Waals surface area contributed by atoms with Gasteiger partial charge in [0.15, 0.2) is 18.2 Å². The van der Waals surface area contributed by atoms with Crippen LogP contribution in [0.4, 0.5) is 4.39 Å². The van der Waals surface area contributed by atoms with Crippen LogP contribution in [0.1, 0.15) is 50.0 Å². The maximum Gasteiger partial charge on any atom is 0.260 e. The van der Waals surface area contributed by atoms with Gasteiger partial charge in [0.2, 0.25) is 10.0 Å². The molecule has 0 aromatic heterocycles. The van der Waals surface area contributed by atoms with Gasteiger partial charge in [0, 0.05) is 18.2 Å². The van der Waals surface area contributed by atoms with Crippen molar-refractivity contribution in [3.8, 4) is 5.75 Å². The number of ether oxygens (including phenoxy) is 2. The molecule has 1 saturated heterocycles. The van der Waals surface area contributed by atoms with E-state index in [1.165, 1.54) is 6.07 Å². The van der Waals surface area contributed by atoms with Crippen molar-refractivity contribution >= 4 is 15.9 Å². The van der Waals surface area contributed by atoms with Crippen molar-refractivity contribution in [1.82, 2.24) is 9.62 Å². The number of fused-ring (bicyclic) bond motifs is 5. The van der Waals surface area contributed by atoms with Crippen LogP contribution in [0.2, 0.25) is 0 Å². The maximum absolute atomic E-state index is 14.6. The molecule has 2 bridgehead atoms. The first kappa shape index (κ1) is 21.5. The summed E-state index contributed by atoms with van der Waals surface area (Å²) in [6.45, 7) is 0.483. The fourth-order valence-electron chi connectivity index (χ4n) is 4.98. The SMILES string of the molecule is CS(=O)(=O)N[C@H]1CCCN2C(=O)COc3c(F)cccc3C3CCC(CC3)OCC12.